The molecule has 1 atom stereocenters. The van der Waals surface area contributed by atoms with Gasteiger partial charge in [-0.05, 0) is 45.0 Å². The van der Waals surface area contributed by atoms with Gasteiger partial charge in [-0.25, -0.2) is 4.99 Å². The predicted molar refractivity (Wildman–Crippen MR) is 136 cm³/mol. The molecule has 2 rings (SSSR count). The second kappa shape index (κ2) is 12.9. The van der Waals surface area contributed by atoms with Crippen molar-refractivity contribution in [2.75, 3.05) is 18.8 Å². The van der Waals surface area contributed by atoms with Gasteiger partial charge in [0.2, 0.25) is 0 Å². The Morgan fingerprint density at radius 2 is 1.97 bits per heavy atom. The Morgan fingerprint density at radius 3 is 2.62 bits per heavy atom. The summed E-state index contributed by atoms with van der Waals surface area (Å²) in [6.07, 6.45) is 10.2. The van der Waals surface area contributed by atoms with Crippen molar-refractivity contribution in [1.82, 2.24) is 4.98 Å². The van der Waals surface area contributed by atoms with Gasteiger partial charge in [-0.2, -0.15) is 0 Å². The molecule has 0 aliphatic carbocycles. The summed E-state index contributed by atoms with van der Waals surface area (Å²) in [7, 11) is 0. The summed E-state index contributed by atoms with van der Waals surface area (Å²) in [5.74, 6) is 0.559. The molecule has 1 heterocycles. The Kier molecular flexibility index (Phi) is 10.2. The van der Waals surface area contributed by atoms with Crippen molar-refractivity contribution in [2.24, 2.45) is 21.5 Å². The molecule has 2 aromatic rings. The maximum atomic E-state index is 6.47. The van der Waals surface area contributed by atoms with Gasteiger partial charge >= 0.3 is 0 Å². The van der Waals surface area contributed by atoms with Crippen molar-refractivity contribution < 1.29 is 4.74 Å². The lowest BCUT2D eigenvalue weighted by molar-refractivity contribution is 0.227. The highest BCUT2D eigenvalue weighted by Gasteiger charge is 2.17. The van der Waals surface area contributed by atoms with Crippen LogP contribution in [-0.2, 0) is 0 Å². The molecule has 0 unspecified atom stereocenters. The zero-order valence-electron chi connectivity index (χ0n) is 18.1. The van der Waals surface area contributed by atoms with Gasteiger partial charge < -0.3 is 21.9 Å². The molecule has 0 amide bonds. The molecule has 1 aromatic heterocycles. The molecule has 0 spiro atoms. The van der Waals surface area contributed by atoms with Crippen LogP contribution in [0.3, 0.4) is 0 Å². The molecule has 6 N–H and O–H groups in total. The third-order valence-electron chi connectivity index (χ3n) is 4.41. The van der Waals surface area contributed by atoms with E-state index in [1.807, 2.05) is 26.0 Å². The number of halogens is 2. The van der Waals surface area contributed by atoms with Crippen LogP contribution in [0.15, 0.2) is 58.3 Å². The highest BCUT2D eigenvalue weighted by Crippen LogP contribution is 2.34. The predicted octanol–water partition coefficient (Wildman–Crippen LogP) is 4.80. The Balaban J connectivity index is 2.41. The molecule has 0 bridgehead atoms. The maximum absolute atomic E-state index is 6.47. The van der Waals surface area contributed by atoms with Crippen LogP contribution < -0.4 is 21.9 Å². The molecule has 1 aromatic carbocycles. The molecule has 170 valence electrons. The van der Waals surface area contributed by atoms with Crippen molar-refractivity contribution in [2.45, 2.75) is 26.4 Å². The van der Waals surface area contributed by atoms with Crippen LogP contribution in [0.2, 0.25) is 10.0 Å². The Bertz CT molecular complexity index is 1010. The SMILES string of the molecule is CCN=CN=CC(/C=C\CCN)=C(/N)c1cc(O[C@H](C)c2c(Cl)cncc2Cl)ccc1N. The van der Waals surface area contributed by atoms with Gasteiger partial charge in [0.1, 0.15) is 18.2 Å². The van der Waals surface area contributed by atoms with E-state index < -0.39 is 6.10 Å². The molecule has 0 aliphatic heterocycles. The average molecular weight is 475 g/mol. The second-order valence-electron chi connectivity index (χ2n) is 6.77. The largest absolute Gasteiger partial charge is 0.486 e. The van der Waals surface area contributed by atoms with Crippen molar-refractivity contribution in [3.63, 3.8) is 0 Å². The number of aromatic nitrogens is 1. The number of hydrogen-bond donors (Lipinski definition) is 3. The standard InChI is InChI=1S/C23H28Cl2N6O/c1-3-29-14-31-11-16(6-4-5-9-26)23(28)18-10-17(7-8-21(18)27)32-15(2)22-19(24)12-30-13-20(22)25/h4,6-8,10-15H,3,5,9,26-28H2,1-2H3/b6-4-,23-16+,29-14?,31-11?/t15-/m1/s1. The summed E-state index contributed by atoms with van der Waals surface area (Å²) in [6.45, 7) is 4.95. The Morgan fingerprint density at radius 1 is 1.25 bits per heavy atom. The number of nitrogens with zero attached hydrogens (tertiary/aromatic N) is 3. The van der Waals surface area contributed by atoms with E-state index >= 15 is 0 Å². The van der Waals surface area contributed by atoms with E-state index in [1.165, 1.54) is 18.7 Å². The first-order valence-corrected chi connectivity index (χ1v) is 10.9. The van der Waals surface area contributed by atoms with Crippen molar-refractivity contribution >= 4 is 47.1 Å². The Labute approximate surface area is 198 Å². The summed E-state index contributed by atoms with van der Waals surface area (Å²) < 4.78 is 6.08. The number of benzene rings is 1. The van der Waals surface area contributed by atoms with Crippen LogP contribution in [0.4, 0.5) is 5.69 Å². The van der Waals surface area contributed by atoms with Gasteiger partial charge in [0, 0.05) is 53.2 Å². The molecule has 7 nitrogen and oxygen atoms in total. The number of pyridine rings is 1. The first kappa shape index (κ1) is 25.4. The van der Waals surface area contributed by atoms with Crippen molar-refractivity contribution in [1.29, 1.82) is 0 Å². The topological polar surface area (TPSA) is 125 Å². The molecule has 0 saturated heterocycles. The molecule has 0 radical (unpaired) electrons. The molecule has 9 heteroatoms. The minimum Gasteiger partial charge on any atom is -0.486 e. The molecule has 0 fully saturated rings. The zero-order chi connectivity index (χ0) is 23.5. The van der Waals surface area contributed by atoms with E-state index in [0.29, 0.717) is 63.4 Å². The number of hydrogen-bond acceptors (Lipinski definition) is 6. The number of anilines is 1. The third-order valence-corrected chi connectivity index (χ3v) is 5.01. The molecule has 0 aliphatic rings. The van der Waals surface area contributed by atoms with Gasteiger partial charge in [0.25, 0.3) is 0 Å². The minimum atomic E-state index is -0.421. The fraction of sp³-hybridized carbons (Fsp3) is 0.261. The number of aliphatic imine (C=N–C) groups is 2. The smallest absolute Gasteiger partial charge is 0.124 e. The van der Waals surface area contributed by atoms with E-state index in [4.69, 9.17) is 45.1 Å². The van der Waals surface area contributed by atoms with Gasteiger partial charge in [-0.3, -0.25) is 9.98 Å². The van der Waals surface area contributed by atoms with Crippen LogP contribution in [0.1, 0.15) is 37.5 Å². The number of nitrogens with two attached hydrogens (primary N) is 3. The van der Waals surface area contributed by atoms with Crippen LogP contribution >= 0.6 is 23.2 Å². The van der Waals surface area contributed by atoms with Crippen LogP contribution in [0.25, 0.3) is 5.70 Å². The first-order valence-electron chi connectivity index (χ1n) is 10.1. The van der Waals surface area contributed by atoms with E-state index in [-0.39, 0.29) is 0 Å². The molecular weight excluding hydrogens is 447 g/mol. The Hall–Kier alpha value is -2.87. The third kappa shape index (κ3) is 7.09. The monoisotopic (exact) mass is 474 g/mol. The fourth-order valence-electron chi connectivity index (χ4n) is 2.82. The van der Waals surface area contributed by atoms with E-state index in [0.717, 1.165) is 0 Å². The summed E-state index contributed by atoms with van der Waals surface area (Å²) in [5, 5.41) is 0.856. The normalized spacial score (nSPS) is 13.8. The summed E-state index contributed by atoms with van der Waals surface area (Å²) in [5.41, 5.74) is 21.2. The summed E-state index contributed by atoms with van der Waals surface area (Å²) in [4.78, 5) is 12.3. The summed E-state index contributed by atoms with van der Waals surface area (Å²) >= 11 is 12.5. The lowest BCUT2D eigenvalue weighted by atomic mass is 10.0. The van der Waals surface area contributed by atoms with E-state index in [9.17, 15) is 0 Å². The van der Waals surface area contributed by atoms with Crippen LogP contribution in [0, 0.1) is 0 Å². The van der Waals surface area contributed by atoms with Crippen molar-refractivity contribution in [3.8, 4) is 5.75 Å². The first-order chi connectivity index (χ1) is 15.4. The highest BCUT2D eigenvalue weighted by atomic mass is 35.5. The van der Waals surface area contributed by atoms with Crippen LogP contribution in [0.5, 0.6) is 5.75 Å². The summed E-state index contributed by atoms with van der Waals surface area (Å²) in [6, 6.07) is 5.27. The minimum absolute atomic E-state index is 0.421. The average Bonchev–Trinajstić information content (AvgIpc) is 2.76. The lowest BCUT2D eigenvalue weighted by Crippen LogP contribution is -2.08. The number of ether oxygens (including phenoxy) is 1. The lowest BCUT2D eigenvalue weighted by Gasteiger charge is -2.19. The quantitative estimate of drug-likeness (QED) is 0.197. The van der Waals surface area contributed by atoms with Crippen molar-refractivity contribution in [3.05, 3.63) is 69.5 Å². The van der Waals surface area contributed by atoms with Gasteiger partial charge in [0.05, 0.1) is 10.0 Å². The number of nitrogen functional groups attached to an aromatic ring is 1. The molecule has 32 heavy (non-hydrogen) atoms. The highest BCUT2D eigenvalue weighted by molar-refractivity contribution is 6.35. The number of allylic oxidation sites excluding steroid dienone is 2. The number of rotatable bonds is 10. The fourth-order valence-corrected chi connectivity index (χ4v) is 3.49. The van der Waals surface area contributed by atoms with Gasteiger partial charge in [0.15, 0.2) is 0 Å². The maximum Gasteiger partial charge on any atom is 0.124 e. The molecular formula is C23H28Cl2N6O. The molecule has 0 saturated carbocycles. The van der Waals surface area contributed by atoms with Gasteiger partial charge in [-0.1, -0.05) is 35.4 Å². The van der Waals surface area contributed by atoms with Crippen LogP contribution in [-0.4, -0.2) is 30.6 Å². The van der Waals surface area contributed by atoms with E-state index in [2.05, 4.69) is 15.0 Å². The van der Waals surface area contributed by atoms with E-state index in [1.54, 1.807) is 24.4 Å². The second-order valence-corrected chi connectivity index (χ2v) is 7.58. The zero-order valence-corrected chi connectivity index (χ0v) is 19.6. The van der Waals surface area contributed by atoms with Gasteiger partial charge in [-0.15, -0.1) is 0 Å².